The first-order chi connectivity index (χ1) is 8.69. The molecule has 3 N–H and O–H groups in total. The molecular formula is C13H12N2O2S. The van der Waals surface area contributed by atoms with Gasteiger partial charge in [0.05, 0.1) is 18.5 Å². The molecule has 0 unspecified atom stereocenters. The van der Waals surface area contributed by atoms with Gasteiger partial charge in [0.25, 0.3) is 0 Å². The predicted octanol–water partition coefficient (Wildman–Crippen LogP) is 2.00. The van der Waals surface area contributed by atoms with Crippen molar-refractivity contribution in [2.75, 3.05) is 0 Å². The number of pyridine rings is 1. The van der Waals surface area contributed by atoms with Crippen molar-refractivity contribution in [3.05, 3.63) is 53.9 Å². The molecule has 0 saturated carbocycles. The number of benzene rings is 1. The summed E-state index contributed by atoms with van der Waals surface area (Å²) in [6.07, 6.45) is 1.56. The molecule has 0 aliphatic carbocycles. The van der Waals surface area contributed by atoms with Crippen molar-refractivity contribution in [2.24, 2.45) is 5.73 Å². The highest BCUT2D eigenvalue weighted by Gasteiger charge is 2.01. The van der Waals surface area contributed by atoms with E-state index >= 15 is 0 Å². The predicted molar refractivity (Wildman–Crippen MR) is 72.6 cm³/mol. The van der Waals surface area contributed by atoms with Gasteiger partial charge >= 0.3 is 0 Å². The summed E-state index contributed by atoms with van der Waals surface area (Å²) in [5, 5.41) is 9.03. The van der Waals surface area contributed by atoms with Crippen LogP contribution < -0.4 is 10.5 Å². The zero-order valence-corrected chi connectivity index (χ0v) is 10.4. The lowest BCUT2D eigenvalue weighted by molar-refractivity contribution is 0.281. The summed E-state index contributed by atoms with van der Waals surface area (Å²) in [5.41, 5.74) is 6.80. The van der Waals surface area contributed by atoms with E-state index in [1.807, 2.05) is 12.1 Å². The standard InChI is InChI=1S/C13H12N2O2S/c14-13(18)12-5-4-11(7-15-12)17-10-3-1-2-9(6-10)8-16/h1-7,16H,8H2,(H2,14,18). The normalized spacial score (nSPS) is 10.1. The summed E-state index contributed by atoms with van der Waals surface area (Å²) in [7, 11) is 0. The number of ether oxygens (including phenoxy) is 1. The van der Waals surface area contributed by atoms with Crippen molar-refractivity contribution < 1.29 is 9.84 Å². The lowest BCUT2D eigenvalue weighted by Gasteiger charge is -2.06. The van der Waals surface area contributed by atoms with Crippen LogP contribution in [0.5, 0.6) is 11.5 Å². The molecule has 0 bridgehead atoms. The molecule has 0 saturated heterocycles. The number of hydrogen-bond donors (Lipinski definition) is 2. The molecule has 1 aromatic carbocycles. The molecule has 0 spiro atoms. The van der Waals surface area contributed by atoms with E-state index in [9.17, 15) is 0 Å². The Morgan fingerprint density at radius 2 is 2.11 bits per heavy atom. The first-order valence-electron chi connectivity index (χ1n) is 5.32. The van der Waals surface area contributed by atoms with Gasteiger partial charge in [-0.3, -0.25) is 0 Å². The van der Waals surface area contributed by atoms with E-state index in [0.29, 0.717) is 17.2 Å². The third-order valence-corrected chi connectivity index (χ3v) is 2.51. The van der Waals surface area contributed by atoms with Crippen molar-refractivity contribution in [3.63, 3.8) is 0 Å². The van der Waals surface area contributed by atoms with Crippen LogP contribution >= 0.6 is 12.2 Å². The van der Waals surface area contributed by atoms with Gasteiger partial charge in [0.2, 0.25) is 0 Å². The number of aromatic nitrogens is 1. The Labute approximate surface area is 110 Å². The van der Waals surface area contributed by atoms with Crippen molar-refractivity contribution >= 4 is 17.2 Å². The van der Waals surface area contributed by atoms with E-state index in [1.165, 1.54) is 0 Å². The van der Waals surface area contributed by atoms with E-state index in [2.05, 4.69) is 4.98 Å². The van der Waals surface area contributed by atoms with Gasteiger partial charge in [0.15, 0.2) is 0 Å². The van der Waals surface area contributed by atoms with E-state index in [0.717, 1.165) is 5.56 Å². The van der Waals surface area contributed by atoms with E-state index < -0.39 is 0 Å². The highest BCUT2D eigenvalue weighted by molar-refractivity contribution is 7.80. The summed E-state index contributed by atoms with van der Waals surface area (Å²) < 4.78 is 5.60. The Morgan fingerprint density at radius 1 is 1.28 bits per heavy atom. The van der Waals surface area contributed by atoms with Gasteiger partial charge in [-0.25, -0.2) is 4.98 Å². The third-order valence-electron chi connectivity index (χ3n) is 2.31. The molecule has 1 aromatic heterocycles. The molecule has 0 fully saturated rings. The second kappa shape index (κ2) is 5.57. The largest absolute Gasteiger partial charge is 0.456 e. The molecule has 18 heavy (non-hydrogen) atoms. The number of rotatable bonds is 4. The zero-order chi connectivity index (χ0) is 13.0. The number of thiocarbonyl (C=S) groups is 1. The van der Waals surface area contributed by atoms with E-state index in [4.69, 9.17) is 27.8 Å². The van der Waals surface area contributed by atoms with Gasteiger partial charge in [0.1, 0.15) is 16.5 Å². The molecule has 2 aromatic rings. The van der Waals surface area contributed by atoms with Gasteiger partial charge in [-0.05, 0) is 29.8 Å². The highest BCUT2D eigenvalue weighted by Crippen LogP contribution is 2.21. The van der Waals surface area contributed by atoms with Crippen molar-refractivity contribution in [3.8, 4) is 11.5 Å². The fourth-order valence-electron chi connectivity index (χ4n) is 1.43. The third kappa shape index (κ3) is 3.03. The minimum absolute atomic E-state index is 0.0180. The Morgan fingerprint density at radius 3 is 2.72 bits per heavy atom. The minimum Gasteiger partial charge on any atom is -0.456 e. The highest BCUT2D eigenvalue weighted by atomic mass is 32.1. The SMILES string of the molecule is NC(=S)c1ccc(Oc2cccc(CO)c2)cn1. The molecular weight excluding hydrogens is 248 g/mol. The van der Waals surface area contributed by atoms with E-state index in [1.54, 1.807) is 30.5 Å². The summed E-state index contributed by atoms with van der Waals surface area (Å²) in [4.78, 5) is 4.33. The Kier molecular flexibility index (Phi) is 3.86. The monoisotopic (exact) mass is 260 g/mol. The first-order valence-corrected chi connectivity index (χ1v) is 5.73. The van der Waals surface area contributed by atoms with Gasteiger partial charge in [-0.15, -0.1) is 0 Å². The van der Waals surface area contributed by atoms with Crippen LogP contribution in [-0.2, 0) is 6.61 Å². The molecule has 0 amide bonds. The number of nitrogens with two attached hydrogens (primary N) is 1. The van der Waals surface area contributed by atoms with Crippen molar-refractivity contribution in [1.29, 1.82) is 0 Å². The average molecular weight is 260 g/mol. The molecule has 2 rings (SSSR count). The van der Waals surface area contributed by atoms with Crippen LogP contribution in [0, 0.1) is 0 Å². The molecule has 0 atom stereocenters. The zero-order valence-electron chi connectivity index (χ0n) is 9.54. The molecule has 1 heterocycles. The maximum absolute atomic E-state index is 9.03. The Balaban J connectivity index is 2.15. The lowest BCUT2D eigenvalue weighted by Crippen LogP contribution is -2.10. The molecule has 0 radical (unpaired) electrons. The fraction of sp³-hybridized carbons (Fsp3) is 0.0769. The lowest BCUT2D eigenvalue weighted by atomic mass is 10.2. The minimum atomic E-state index is -0.0180. The molecule has 92 valence electrons. The number of hydrogen-bond acceptors (Lipinski definition) is 4. The smallest absolute Gasteiger partial charge is 0.145 e. The molecule has 0 aliphatic rings. The molecule has 5 heteroatoms. The van der Waals surface area contributed by atoms with Crippen LogP contribution in [0.3, 0.4) is 0 Å². The van der Waals surface area contributed by atoms with Crippen LogP contribution in [-0.4, -0.2) is 15.1 Å². The van der Waals surface area contributed by atoms with Crippen molar-refractivity contribution in [2.45, 2.75) is 6.61 Å². The Hall–Kier alpha value is -1.98. The van der Waals surface area contributed by atoms with Gasteiger partial charge < -0.3 is 15.6 Å². The number of nitrogens with zero attached hydrogens (tertiary/aromatic N) is 1. The Bertz CT molecular complexity index is 555. The van der Waals surface area contributed by atoms with Gasteiger partial charge in [-0.1, -0.05) is 24.4 Å². The average Bonchev–Trinajstić information content (AvgIpc) is 2.39. The van der Waals surface area contributed by atoms with Crippen LogP contribution in [0.15, 0.2) is 42.6 Å². The maximum atomic E-state index is 9.03. The van der Waals surface area contributed by atoms with Crippen molar-refractivity contribution in [1.82, 2.24) is 4.98 Å². The van der Waals surface area contributed by atoms with Crippen LogP contribution in [0.2, 0.25) is 0 Å². The quantitative estimate of drug-likeness (QED) is 0.823. The van der Waals surface area contributed by atoms with E-state index in [-0.39, 0.29) is 11.6 Å². The summed E-state index contributed by atoms with van der Waals surface area (Å²) in [5.74, 6) is 1.23. The van der Waals surface area contributed by atoms with Gasteiger partial charge in [0, 0.05) is 0 Å². The van der Waals surface area contributed by atoms with Crippen LogP contribution in [0.1, 0.15) is 11.3 Å². The summed E-state index contributed by atoms with van der Waals surface area (Å²) >= 11 is 4.81. The molecule has 4 nitrogen and oxygen atoms in total. The number of aliphatic hydroxyl groups excluding tert-OH is 1. The first kappa shape index (κ1) is 12.5. The second-order valence-corrected chi connectivity index (χ2v) is 4.09. The van der Waals surface area contributed by atoms with Crippen LogP contribution in [0.4, 0.5) is 0 Å². The second-order valence-electron chi connectivity index (χ2n) is 3.65. The summed E-state index contributed by atoms with van der Waals surface area (Å²) in [6.45, 7) is -0.0180. The number of aliphatic hydroxyl groups is 1. The maximum Gasteiger partial charge on any atom is 0.145 e. The topological polar surface area (TPSA) is 68.4 Å². The molecule has 0 aliphatic heterocycles. The summed E-state index contributed by atoms with van der Waals surface area (Å²) in [6, 6.07) is 10.7. The van der Waals surface area contributed by atoms with Gasteiger partial charge in [-0.2, -0.15) is 0 Å². The fourth-order valence-corrected chi connectivity index (χ4v) is 1.55. The van der Waals surface area contributed by atoms with Crippen LogP contribution in [0.25, 0.3) is 0 Å².